The number of aryl methyl sites for hydroxylation is 3. The Balaban J connectivity index is 1.44. The monoisotopic (exact) mass is 449 g/mol. The Kier molecular flexibility index (Phi) is 5.46. The second kappa shape index (κ2) is 8.43. The molecule has 1 amide bonds. The molecule has 0 aliphatic carbocycles. The van der Waals surface area contributed by atoms with Crippen molar-refractivity contribution in [3.05, 3.63) is 64.1 Å². The third-order valence-electron chi connectivity index (χ3n) is 6.27. The van der Waals surface area contributed by atoms with Crippen LogP contribution in [0.5, 0.6) is 0 Å². The van der Waals surface area contributed by atoms with Crippen LogP contribution in [0.1, 0.15) is 58.8 Å². The third-order valence-corrected chi connectivity index (χ3v) is 7.16. The summed E-state index contributed by atoms with van der Waals surface area (Å²) in [5.41, 5.74) is 4.65. The summed E-state index contributed by atoms with van der Waals surface area (Å²) in [5.74, 6) is 1.60. The SMILES string of the molecule is CCc1ccccc1Nc1nc(C2CCCN(C(=O)c3c(C)noc3C)C2)c2sccn12. The highest BCUT2D eigenvalue weighted by Gasteiger charge is 2.31. The fraction of sp³-hybridized carbons (Fsp3) is 0.375. The van der Waals surface area contributed by atoms with Gasteiger partial charge in [-0.05, 0) is 44.7 Å². The Morgan fingerprint density at radius 1 is 1.31 bits per heavy atom. The van der Waals surface area contributed by atoms with Gasteiger partial charge in [-0.1, -0.05) is 30.3 Å². The van der Waals surface area contributed by atoms with Crippen molar-refractivity contribution in [2.45, 2.75) is 46.0 Å². The molecule has 1 atom stereocenters. The molecular weight excluding hydrogens is 422 g/mol. The lowest BCUT2D eigenvalue weighted by atomic mass is 9.94. The second-order valence-electron chi connectivity index (χ2n) is 8.32. The number of carbonyl (C=O) groups is 1. The average molecular weight is 450 g/mol. The van der Waals surface area contributed by atoms with E-state index in [2.05, 4.69) is 51.6 Å². The van der Waals surface area contributed by atoms with E-state index >= 15 is 0 Å². The highest BCUT2D eigenvalue weighted by molar-refractivity contribution is 7.15. The van der Waals surface area contributed by atoms with Crippen molar-refractivity contribution < 1.29 is 9.32 Å². The maximum Gasteiger partial charge on any atom is 0.259 e. The van der Waals surface area contributed by atoms with Crippen LogP contribution in [0, 0.1) is 13.8 Å². The minimum absolute atomic E-state index is 0.00260. The summed E-state index contributed by atoms with van der Waals surface area (Å²) in [6.07, 6.45) is 4.98. The van der Waals surface area contributed by atoms with E-state index < -0.39 is 0 Å². The number of nitrogens with one attached hydrogen (secondary N) is 1. The number of rotatable bonds is 5. The Hall–Kier alpha value is -3.13. The van der Waals surface area contributed by atoms with E-state index in [0.717, 1.165) is 48.0 Å². The fourth-order valence-corrected chi connectivity index (χ4v) is 5.51. The van der Waals surface area contributed by atoms with Crippen LogP contribution >= 0.6 is 11.3 Å². The molecule has 1 saturated heterocycles. The van der Waals surface area contributed by atoms with Gasteiger partial charge in [0, 0.05) is 36.3 Å². The van der Waals surface area contributed by atoms with E-state index in [4.69, 9.17) is 9.51 Å². The molecule has 166 valence electrons. The van der Waals surface area contributed by atoms with Gasteiger partial charge in [-0.2, -0.15) is 0 Å². The first-order chi connectivity index (χ1) is 15.6. The number of imidazole rings is 1. The molecule has 1 aliphatic rings. The molecule has 4 aromatic rings. The number of likely N-dealkylation sites (tertiary alicyclic amines) is 1. The largest absolute Gasteiger partial charge is 0.361 e. The smallest absolute Gasteiger partial charge is 0.259 e. The van der Waals surface area contributed by atoms with Crippen molar-refractivity contribution >= 4 is 33.7 Å². The van der Waals surface area contributed by atoms with Crippen molar-refractivity contribution in [1.29, 1.82) is 0 Å². The quantitative estimate of drug-likeness (QED) is 0.446. The molecule has 3 aromatic heterocycles. The lowest BCUT2D eigenvalue weighted by Crippen LogP contribution is -2.39. The maximum absolute atomic E-state index is 13.2. The number of hydrogen-bond donors (Lipinski definition) is 1. The number of benzene rings is 1. The fourth-order valence-electron chi connectivity index (χ4n) is 4.60. The number of fused-ring (bicyclic) bond motifs is 1. The van der Waals surface area contributed by atoms with Crippen molar-refractivity contribution in [3.8, 4) is 0 Å². The van der Waals surface area contributed by atoms with E-state index in [-0.39, 0.29) is 11.8 Å². The van der Waals surface area contributed by atoms with Gasteiger partial charge in [-0.3, -0.25) is 9.20 Å². The van der Waals surface area contributed by atoms with E-state index in [1.807, 2.05) is 17.9 Å². The summed E-state index contributed by atoms with van der Waals surface area (Å²) < 4.78 is 7.35. The summed E-state index contributed by atoms with van der Waals surface area (Å²) in [7, 11) is 0. The van der Waals surface area contributed by atoms with Crippen molar-refractivity contribution in [3.63, 3.8) is 0 Å². The maximum atomic E-state index is 13.2. The van der Waals surface area contributed by atoms with Crippen LogP contribution < -0.4 is 5.32 Å². The number of para-hydroxylation sites is 1. The van der Waals surface area contributed by atoms with E-state index in [9.17, 15) is 4.79 Å². The first-order valence-corrected chi connectivity index (χ1v) is 12.0. The Morgan fingerprint density at radius 2 is 2.16 bits per heavy atom. The number of aromatic nitrogens is 3. The molecule has 0 radical (unpaired) electrons. The summed E-state index contributed by atoms with van der Waals surface area (Å²) >= 11 is 1.69. The Morgan fingerprint density at radius 3 is 2.94 bits per heavy atom. The third kappa shape index (κ3) is 3.58. The van der Waals surface area contributed by atoms with Gasteiger partial charge in [-0.25, -0.2) is 4.98 Å². The molecule has 8 heteroatoms. The van der Waals surface area contributed by atoms with Gasteiger partial charge in [0.15, 0.2) is 0 Å². The molecule has 0 saturated carbocycles. The van der Waals surface area contributed by atoms with Gasteiger partial charge < -0.3 is 14.7 Å². The topological polar surface area (TPSA) is 75.7 Å². The first-order valence-electron chi connectivity index (χ1n) is 11.1. The van der Waals surface area contributed by atoms with Gasteiger partial charge in [-0.15, -0.1) is 11.3 Å². The molecule has 0 spiro atoms. The molecule has 1 fully saturated rings. The zero-order valence-electron chi connectivity index (χ0n) is 18.6. The van der Waals surface area contributed by atoms with Gasteiger partial charge in [0.05, 0.1) is 11.4 Å². The molecule has 1 aromatic carbocycles. The Labute approximate surface area is 191 Å². The minimum atomic E-state index is 0.00260. The highest BCUT2D eigenvalue weighted by atomic mass is 32.1. The zero-order chi connectivity index (χ0) is 22.2. The molecule has 7 nitrogen and oxygen atoms in total. The molecule has 0 bridgehead atoms. The predicted octanol–water partition coefficient (Wildman–Crippen LogP) is 5.33. The molecule has 4 heterocycles. The normalized spacial score (nSPS) is 16.6. The van der Waals surface area contributed by atoms with E-state index in [0.29, 0.717) is 23.6 Å². The number of hydrogen-bond acceptors (Lipinski definition) is 6. The molecule has 1 aliphatic heterocycles. The number of anilines is 2. The summed E-state index contributed by atoms with van der Waals surface area (Å²) in [6.45, 7) is 7.17. The lowest BCUT2D eigenvalue weighted by molar-refractivity contribution is 0.0704. The summed E-state index contributed by atoms with van der Waals surface area (Å²) in [6, 6.07) is 8.34. The number of carbonyl (C=O) groups excluding carboxylic acids is 1. The van der Waals surface area contributed by atoms with Gasteiger partial charge in [0.25, 0.3) is 5.91 Å². The number of thiazole rings is 1. The van der Waals surface area contributed by atoms with Crippen LogP contribution in [0.4, 0.5) is 11.6 Å². The van der Waals surface area contributed by atoms with Gasteiger partial charge in [0.2, 0.25) is 5.95 Å². The lowest BCUT2D eigenvalue weighted by Gasteiger charge is -2.32. The standard InChI is InChI=1S/C24H27N5O2S/c1-4-17-8-5-6-10-19(17)25-24-26-21(23-29(24)12-13-32-23)18-9-7-11-28(14-18)22(30)20-15(2)27-31-16(20)3/h5-6,8,10,12-13,18H,4,7,9,11,14H2,1-3H3,(H,25,26). The Bertz CT molecular complexity index is 1250. The van der Waals surface area contributed by atoms with Crippen LogP contribution in [0.25, 0.3) is 4.83 Å². The van der Waals surface area contributed by atoms with Crippen LogP contribution in [-0.4, -0.2) is 38.4 Å². The summed E-state index contributed by atoms with van der Waals surface area (Å²) in [4.78, 5) is 21.3. The van der Waals surface area contributed by atoms with Crippen molar-refractivity contribution in [1.82, 2.24) is 19.4 Å². The van der Waals surface area contributed by atoms with Crippen LogP contribution in [0.3, 0.4) is 0 Å². The van der Waals surface area contributed by atoms with Gasteiger partial charge in [0.1, 0.15) is 16.2 Å². The minimum Gasteiger partial charge on any atom is -0.361 e. The van der Waals surface area contributed by atoms with Crippen molar-refractivity contribution in [2.24, 2.45) is 0 Å². The first kappa shape index (κ1) is 20.8. The molecule has 1 N–H and O–H groups in total. The van der Waals surface area contributed by atoms with Crippen LogP contribution in [-0.2, 0) is 6.42 Å². The van der Waals surface area contributed by atoms with Crippen LogP contribution in [0.2, 0.25) is 0 Å². The molecule has 1 unspecified atom stereocenters. The number of nitrogens with zero attached hydrogens (tertiary/aromatic N) is 4. The second-order valence-corrected chi connectivity index (χ2v) is 9.22. The highest BCUT2D eigenvalue weighted by Crippen LogP contribution is 2.35. The van der Waals surface area contributed by atoms with Crippen LogP contribution in [0.15, 0.2) is 40.4 Å². The molecular formula is C24H27N5O2S. The predicted molar refractivity (Wildman–Crippen MR) is 126 cm³/mol. The van der Waals surface area contributed by atoms with Crippen molar-refractivity contribution in [2.75, 3.05) is 18.4 Å². The molecule has 5 rings (SSSR count). The van der Waals surface area contributed by atoms with E-state index in [1.165, 1.54) is 5.56 Å². The molecule has 32 heavy (non-hydrogen) atoms. The summed E-state index contributed by atoms with van der Waals surface area (Å²) in [5, 5.41) is 9.59. The van der Waals surface area contributed by atoms with Gasteiger partial charge >= 0.3 is 0 Å². The average Bonchev–Trinajstić information content (AvgIpc) is 3.50. The zero-order valence-corrected chi connectivity index (χ0v) is 19.4. The number of piperidine rings is 1. The number of amides is 1. The van der Waals surface area contributed by atoms with E-state index in [1.54, 1.807) is 18.3 Å².